The zero-order valence-electron chi connectivity index (χ0n) is 13.3. The maximum absolute atomic E-state index is 13.5. The highest BCUT2D eigenvalue weighted by Crippen LogP contribution is 2.34. The zero-order valence-corrected chi connectivity index (χ0v) is 14.9. The summed E-state index contributed by atoms with van der Waals surface area (Å²) in [5.41, 5.74) is 3.11. The van der Waals surface area contributed by atoms with Crippen LogP contribution < -0.4 is 4.74 Å². The molecule has 2 aromatic carbocycles. The van der Waals surface area contributed by atoms with Crippen molar-refractivity contribution in [3.05, 3.63) is 70.6 Å². The predicted octanol–water partition coefficient (Wildman–Crippen LogP) is 5.07. The number of hydrogen-bond donors (Lipinski definition) is 0. The normalized spacial score (nSPS) is 10.8. The lowest BCUT2D eigenvalue weighted by molar-refractivity contribution is -0.131. The molecule has 1 heterocycles. The largest absolute Gasteiger partial charge is 0.426 e. The van der Waals surface area contributed by atoms with Gasteiger partial charge >= 0.3 is 5.97 Å². The topological polar surface area (TPSA) is 31.2 Å². The molecule has 0 amide bonds. The van der Waals surface area contributed by atoms with Gasteiger partial charge in [0.25, 0.3) is 0 Å². The Labute approximate surface area is 147 Å². The molecule has 0 atom stereocenters. The van der Waals surface area contributed by atoms with E-state index in [9.17, 15) is 9.18 Å². The molecule has 0 unspecified atom stereocenters. The van der Waals surface area contributed by atoms with Gasteiger partial charge in [-0.2, -0.15) is 0 Å². The lowest BCUT2D eigenvalue weighted by atomic mass is 10.0. The molecular weight excluding hydrogens is 373 g/mol. The second-order valence-electron chi connectivity index (χ2n) is 5.50. The van der Waals surface area contributed by atoms with Crippen LogP contribution in [-0.4, -0.2) is 10.5 Å². The second kappa shape index (κ2) is 6.24. The van der Waals surface area contributed by atoms with Crippen molar-refractivity contribution in [3.63, 3.8) is 0 Å². The quantitative estimate of drug-likeness (QED) is 0.464. The van der Waals surface area contributed by atoms with Crippen molar-refractivity contribution < 1.29 is 13.9 Å². The number of aryl methyl sites for hydroxylation is 1. The van der Waals surface area contributed by atoms with Crippen molar-refractivity contribution in [1.82, 2.24) is 4.57 Å². The Hall–Kier alpha value is -2.40. The molecule has 0 fully saturated rings. The Morgan fingerprint density at radius 1 is 1.21 bits per heavy atom. The first-order valence-corrected chi connectivity index (χ1v) is 8.08. The lowest BCUT2D eigenvalue weighted by Gasteiger charge is -2.13. The summed E-state index contributed by atoms with van der Waals surface area (Å²) >= 11 is 3.43. The van der Waals surface area contributed by atoms with E-state index < -0.39 is 5.97 Å². The molecule has 0 aliphatic heterocycles. The van der Waals surface area contributed by atoms with E-state index in [4.69, 9.17) is 4.74 Å². The number of carbonyl (C=O) groups is 1. The van der Waals surface area contributed by atoms with Gasteiger partial charge in [-0.15, -0.1) is 0 Å². The van der Waals surface area contributed by atoms with Gasteiger partial charge in [0, 0.05) is 46.2 Å². The van der Waals surface area contributed by atoms with E-state index in [1.165, 1.54) is 19.1 Å². The number of hydrogen-bond acceptors (Lipinski definition) is 2. The minimum atomic E-state index is -0.398. The van der Waals surface area contributed by atoms with Gasteiger partial charge in [-0.25, -0.2) is 4.39 Å². The third-order valence-electron chi connectivity index (χ3n) is 3.83. The monoisotopic (exact) mass is 387 g/mol. The summed E-state index contributed by atoms with van der Waals surface area (Å²) in [6, 6.07) is 11.9. The van der Waals surface area contributed by atoms with Crippen molar-refractivity contribution in [2.45, 2.75) is 6.92 Å². The Morgan fingerprint density at radius 3 is 2.67 bits per heavy atom. The standard InChI is InChI=1S/C19H15BrFNO2/c1-11(16-10-14(20)4-7-19(16)24-12(2)23)18-9-13-8-15(21)5-6-17(13)22(18)3/h4-10H,1H2,2-3H3. The number of esters is 1. The van der Waals surface area contributed by atoms with Crippen LogP contribution in [-0.2, 0) is 11.8 Å². The molecule has 0 bridgehead atoms. The molecule has 0 N–H and O–H groups in total. The molecule has 0 saturated heterocycles. The first kappa shape index (κ1) is 16.5. The summed E-state index contributed by atoms with van der Waals surface area (Å²) in [5.74, 6) is -0.244. The molecule has 1 aromatic heterocycles. The van der Waals surface area contributed by atoms with Crippen molar-refractivity contribution in [3.8, 4) is 5.75 Å². The summed E-state index contributed by atoms with van der Waals surface area (Å²) in [6.07, 6.45) is 0. The van der Waals surface area contributed by atoms with E-state index in [-0.39, 0.29) is 5.82 Å². The maximum Gasteiger partial charge on any atom is 0.308 e. The maximum atomic E-state index is 13.5. The molecule has 0 spiro atoms. The molecule has 5 heteroatoms. The first-order valence-electron chi connectivity index (χ1n) is 7.29. The molecule has 0 aliphatic rings. The van der Waals surface area contributed by atoms with Crippen LogP contribution in [0.1, 0.15) is 18.2 Å². The SMILES string of the molecule is C=C(c1cc(Br)ccc1OC(C)=O)c1cc2cc(F)ccc2n1C. The molecule has 3 rings (SSSR count). The third-order valence-corrected chi connectivity index (χ3v) is 4.33. The van der Waals surface area contributed by atoms with E-state index in [2.05, 4.69) is 22.5 Å². The summed E-state index contributed by atoms with van der Waals surface area (Å²) < 4.78 is 21.5. The summed E-state index contributed by atoms with van der Waals surface area (Å²) in [7, 11) is 1.89. The van der Waals surface area contributed by atoms with Crippen LogP contribution in [0.5, 0.6) is 5.75 Å². The fourth-order valence-electron chi connectivity index (χ4n) is 2.73. The Balaban J connectivity index is 2.14. The van der Waals surface area contributed by atoms with Crippen LogP contribution in [0.15, 0.2) is 53.5 Å². The number of ether oxygens (including phenoxy) is 1. The van der Waals surface area contributed by atoms with E-state index in [1.807, 2.05) is 23.7 Å². The second-order valence-corrected chi connectivity index (χ2v) is 6.42. The van der Waals surface area contributed by atoms with Crippen LogP contribution in [0.2, 0.25) is 0 Å². The highest BCUT2D eigenvalue weighted by atomic mass is 79.9. The van der Waals surface area contributed by atoms with Crippen LogP contribution in [0.4, 0.5) is 4.39 Å². The summed E-state index contributed by atoms with van der Waals surface area (Å²) in [4.78, 5) is 11.3. The van der Waals surface area contributed by atoms with Crippen molar-refractivity contribution in [2.75, 3.05) is 0 Å². The average molecular weight is 388 g/mol. The van der Waals surface area contributed by atoms with Crippen LogP contribution >= 0.6 is 15.9 Å². The van der Waals surface area contributed by atoms with Gasteiger partial charge in [0.15, 0.2) is 0 Å². The van der Waals surface area contributed by atoms with Gasteiger partial charge in [0.05, 0.1) is 0 Å². The fourth-order valence-corrected chi connectivity index (χ4v) is 3.09. The minimum absolute atomic E-state index is 0.284. The van der Waals surface area contributed by atoms with E-state index in [0.29, 0.717) is 16.9 Å². The van der Waals surface area contributed by atoms with Gasteiger partial charge in [0.2, 0.25) is 0 Å². The first-order chi connectivity index (χ1) is 11.4. The molecular formula is C19H15BrFNO2. The number of aromatic nitrogens is 1. The Morgan fingerprint density at radius 2 is 1.96 bits per heavy atom. The lowest BCUT2D eigenvalue weighted by Crippen LogP contribution is -2.05. The highest BCUT2D eigenvalue weighted by molar-refractivity contribution is 9.10. The molecule has 0 radical (unpaired) electrons. The molecule has 24 heavy (non-hydrogen) atoms. The van der Waals surface area contributed by atoms with Gasteiger partial charge < -0.3 is 9.30 Å². The number of rotatable bonds is 3. The number of carbonyl (C=O) groups excluding carboxylic acids is 1. The zero-order chi connectivity index (χ0) is 17.4. The molecule has 0 saturated carbocycles. The van der Waals surface area contributed by atoms with E-state index >= 15 is 0 Å². The van der Waals surface area contributed by atoms with Crippen molar-refractivity contribution >= 4 is 38.4 Å². The minimum Gasteiger partial charge on any atom is -0.426 e. The van der Waals surface area contributed by atoms with Crippen molar-refractivity contribution in [1.29, 1.82) is 0 Å². The van der Waals surface area contributed by atoms with Gasteiger partial charge in [-0.3, -0.25) is 4.79 Å². The summed E-state index contributed by atoms with van der Waals surface area (Å²) in [5, 5.41) is 0.790. The third kappa shape index (κ3) is 2.99. The highest BCUT2D eigenvalue weighted by Gasteiger charge is 2.16. The van der Waals surface area contributed by atoms with Crippen molar-refractivity contribution in [2.24, 2.45) is 7.05 Å². The number of nitrogens with zero attached hydrogens (tertiary/aromatic N) is 1. The van der Waals surface area contributed by atoms with E-state index in [0.717, 1.165) is 21.1 Å². The molecule has 0 aliphatic carbocycles. The average Bonchev–Trinajstić information content (AvgIpc) is 2.84. The Kier molecular flexibility index (Phi) is 4.28. The molecule has 122 valence electrons. The number of fused-ring (bicyclic) bond motifs is 1. The number of benzene rings is 2. The predicted molar refractivity (Wildman–Crippen MR) is 96.5 cm³/mol. The van der Waals surface area contributed by atoms with E-state index in [1.54, 1.807) is 18.2 Å². The van der Waals surface area contributed by atoms with Crippen LogP contribution in [0, 0.1) is 5.82 Å². The van der Waals surface area contributed by atoms with Gasteiger partial charge in [0.1, 0.15) is 11.6 Å². The fraction of sp³-hybridized carbons (Fsp3) is 0.105. The smallest absolute Gasteiger partial charge is 0.308 e. The van der Waals surface area contributed by atoms with Gasteiger partial charge in [-0.05, 0) is 42.5 Å². The molecule has 3 nitrogen and oxygen atoms in total. The molecule has 3 aromatic rings. The number of halogens is 2. The van der Waals surface area contributed by atoms with Crippen LogP contribution in [0.3, 0.4) is 0 Å². The Bertz CT molecular complexity index is 975. The van der Waals surface area contributed by atoms with Crippen LogP contribution in [0.25, 0.3) is 16.5 Å². The summed E-state index contributed by atoms with van der Waals surface area (Å²) in [6.45, 7) is 5.51. The van der Waals surface area contributed by atoms with Gasteiger partial charge in [-0.1, -0.05) is 22.5 Å².